The second kappa shape index (κ2) is 5.06. The van der Waals surface area contributed by atoms with Crippen LogP contribution in [-0.2, 0) is 0 Å². The number of nitriles is 1. The van der Waals surface area contributed by atoms with Crippen molar-refractivity contribution >= 4 is 28.2 Å². The molecule has 1 rings (SSSR count). The zero-order chi connectivity index (χ0) is 11.4. The number of methoxy groups -OCH3 is 1. The number of hydrogen-bond acceptors (Lipinski definition) is 2. The van der Waals surface area contributed by atoms with Gasteiger partial charge in [-0.05, 0) is 25.1 Å². The molecule has 1 aromatic rings. The normalized spacial score (nSPS) is 11.7. The van der Waals surface area contributed by atoms with Crippen LogP contribution in [0.1, 0.15) is 12.5 Å². The Morgan fingerprint density at radius 2 is 2.13 bits per heavy atom. The summed E-state index contributed by atoms with van der Waals surface area (Å²) < 4.78 is 5.13. The lowest BCUT2D eigenvalue weighted by Crippen LogP contribution is -1.90. The smallest absolute Gasteiger partial charge is 0.129 e. The van der Waals surface area contributed by atoms with Crippen molar-refractivity contribution in [1.29, 1.82) is 5.26 Å². The molecule has 78 valence electrons. The van der Waals surface area contributed by atoms with Crippen molar-refractivity contribution in [3.63, 3.8) is 0 Å². The van der Waals surface area contributed by atoms with Gasteiger partial charge in [-0.3, -0.25) is 0 Å². The molecule has 0 aromatic heterocycles. The highest BCUT2D eigenvalue weighted by atomic mass is 35.5. The van der Waals surface area contributed by atoms with Crippen LogP contribution in [0, 0.1) is 11.3 Å². The molecule has 0 amide bonds. The highest BCUT2D eigenvalue weighted by Gasteiger charge is 2.09. The van der Waals surface area contributed by atoms with E-state index in [4.69, 9.17) is 33.2 Å². The fourth-order valence-corrected chi connectivity index (χ4v) is 1.46. The number of nitrogens with zero attached hydrogens (tertiary/aromatic N) is 1. The van der Waals surface area contributed by atoms with E-state index in [9.17, 15) is 0 Å². The van der Waals surface area contributed by atoms with E-state index in [0.29, 0.717) is 26.9 Å². The fraction of sp³-hybridized carbons (Fsp3) is 0.182. The predicted molar refractivity (Wildman–Crippen MR) is 62.1 cm³/mol. The number of allylic oxidation sites excluding steroid dienone is 1. The zero-order valence-corrected chi connectivity index (χ0v) is 9.86. The first kappa shape index (κ1) is 11.9. The molecule has 0 fully saturated rings. The number of ether oxygens (including phenoxy) is 1. The molecular formula is C11H9Cl2NO. The third-order valence-electron chi connectivity index (χ3n) is 1.90. The Labute approximate surface area is 98.7 Å². The SMILES string of the molecule is COc1cc(Cl)ccc1C(Cl)=C(C)C#N. The van der Waals surface area contributed by atoms with Crippen LogP contribution < -0.4 is 4.74 Å². The highest BCUT2D eigenvalue weighted by molar-refractivity contribution is 6.49. The van der Waals surface area contributed by atoms with E-state index >= 15 is 0 Å². The fourth-order valence-electron chi connectivity index (χ4n) is 1.10. The summed E-state index contributed by atoms with van der Waals surface area (Å²) in [7, 11) is 1.53. The third-order valence-corrected chi connectivity index (χ3v) is 2.62. The minimum Gasteiger partial charge on any atom is -0.496 e. The third kappa shape index (κ3) is 2.65. The summed E-state index contributed by atoms with van der Waals surface area (Å²) in [4.78, 5) is 0. The van der Waals surface area contributed by atoms with Gasteiger partial charge in [-0.25, -0.2) is 0 Å². The lowest BCUT2D eigenvalue weighted by Gasteiger charge is -2.08. The van der Waals surface area contributed by atoms with E-state index in [1.807, 2.05) is 6.07 Å². The molecule has 2 nitrogen and oxygen atoms in total. The van der Waals surface area contributed by atoms with E-state index in [2.05, 4.69) is 0 Å². The highest BCUT2D eigenvalue weighted by Crippen LogP contribution is 2.32. The maximum Gasteiger partial charge on any atom is 0.129 e. The van der Waals surface area contributed by atoms with Crippen molar-refractivity contribution < 1.29 is 4.74 Å². The van der Waals surface area contributed by atoms with Gasteiger partial charge in [0.1, 0.15) is 5.75 Å². The molecule has 0 radical (unpaired) electrons. The Kier molecular flexibility index (Phi) is 4.02. The molecular weight excluding hydrogens is 233 g/mol. The summed E-state index contributed by atoms with van der Waals surface area (Å²) in [6.45, 7) is 1.65. The van der Waals surface area contributed by atoms with Crippen molar-refractivity contribution in [2.45, 2.75) is 6.92 Å². The molecule has 0 aliphatic rings. The molecule has 0 bridgehead atoms. The standard InChI is InChI=1S/C11H9Cl2NO/c1-7(6-14)11(13)9-4-3-8(12)5-10(9)15-2/h3-5H,1-2H3. The van der Waals surface area contributed by atoms with Gasteiger partial charge in [-0.15, -0.1) is 0 Å². The number of hydrogen-bond donors (Lipinski definition) is 0. The van der Waals surface area contributed by atoms with Crippen molar-refractivity contribution in [1.82, 2.24) is 0 Å². The van der Waals surface area contributed by atoms with Gasteiger partial charge in [0.05, 0.1) is 18.2 Å². The second-order valence-corrected chi connectivity index (χ2v) is 3.71. The Morgan fingerprint density at radius 1 is 1.47 bits per heavy atom. The monoisotopic (exact) mass is 241 g/mol. The van der Waals surface area contributed by atoms with Crippen LogP contribution in [0.2, 0.25) is 5.02 Å². The molecule has 0 saturated carbocycles. The maximum atomic E-state index is 8.73. The summed E-state index contributed by atoms with van der Waals surface area (Å²) in [5.74, 6) is 0.558. The Balaban J connectivity index is 3.33. The first-order chi connectivity index (χ1) is 7.10. The number of benzene rings is 1. The second-order valence-electron chi connectivity index (χ2n) is 2.90. The molecule has 4 heteroatoms. The van der Waals surface area contributed by atoms with Gasteiger partial charge in [0.15, 0.2) is 0 Å². The minimum absolute atomic E-state index is 0.381. The average Bonchev–Trinajstić information content (AvgIpc) is 2.26. The summed E-state index contributed by atoms with van der Waals surface area (Å²) in [5, 5.41) is 9.67. The van der Waals surface area contributed by atoms with Crippen LogP contribution in [-0.4, -0.2) is 7.11 Å². The van der Waals surface area contributed by atoms with E-state index in [0.717, 1.165) is 0 Å². The first-order valence-corrected chi connectivity index (χ1v) is 4.96. The van der Waals surface area contributed by atoms with Gasteiger partial charge < -0.3 is 4.74 Å². The van der Waals surface area contributed by atoms with Gasteiger partial charge in [-0.1, -0.05) is 23.2 Å². The molecule has 15 heavy (non-hydrogen) atoms. The quantitative estimate of drug-likeness (QED) is 0.738. The summed E-state index contributed by atoms with van der Waals surface area (Å²) in [6, 6.07) is 7.07. The molecule has 0 N–H and O–H groups in total. The number of halogens is 2. The number of rotatable bonds is 2. The van der Waals surface area contributed by atoms with Crippen molar-refractivity contribution in [2.75, 3.05) is 7.11 Å². The van der Waals surface area contributed by atoms with Crippen LogP contribution in [0.4, 0.5) is 0 Å². The predicted octanol–water partition coefficient (Wildman–Crippen LogP) is 3.84. The molecule has 0 unspecified atom stereocenters. The van der Waals surface area contributed by atoms with Gasteiger partial charge in [0.25, 0.3) is 0 Å². The van der Waals surface area contributed by atoms with Gasteiger partial charge in [0, 0.05) is 16.2 Å². The molecule has 0 heterocycles. The van der Waals surface area contributed by atoms with Gasteiger partial charge in [0.2, 0.25) is 0 Å². The molecule has 0 atom stereocenters. The largest absolute Gasteiger partial charge is 0.496 e. The van der Waals surface area contributed by atoms with E-state index in [1.54, 1.807) is 25.1 Å². The first-order valence-electron chi connectivity index (χ1n) is 4.20. The molecule has 1 aromatic carbocycles. The topological polar surface area (TPSA) is 33.0 Å². The van der Waals surface area contributed by atoms with Crippen LogP contribution in [0.5, 0.6) is 5.75 Å². The molecule has 0 aliphatic heterocycles. The Hall–Kier alpha value is -1.17. The summed E-state index contributed by atoms with van der Waals surface area (Å²) >= 11 is 11.8. The summed E-state index contributed by atoms with van der Waals surface area (Å²) in [6.07, 6.45) is 0. The van der Waals surface area contributed by atoms with E-state index in [-0.39, 0.29) is 0 Å². The van der Waals surface area contributed by atoms with Crippen LogP contribution in [0.15, 0.2) is 23.8 Å². The lowest BCUT2D eigenvalue weighted by atomic mass is 10.1. The van der Waals surface area contributed by atoms with Crippen LogP contribution >= 0.6 is 23.2 Å². The lowest BCUT2D eigenvalue weighted by molar-refractivity contribution is 0.413. The molecule has 0 saturated heterocycles. The van der Waals surface area contributed by atoms with Crippen molar-refractivity contribution in [3.8, 4) is 11.8 Å². The summed E-state index contributed by atoms with van der Waals surface area (Å²) in [5.41, 5.74) is 1.11. The minimum atomic E-state index is 0.381. The zero-order valence-electron chi connectivity index (χ0n) is 8.34. The van der Waals surface area contributed by atoms with Crippen LogP contribution in [0.25, 0.3) is 5.03 Å². The van der Waals surface area contributed by atoms with Gasteiger partial charge >= 0.3 is 0 Å². The Bertz CT molecular complexity index is 446. The van der Waals surface area contributed by atoms with E-state index in [1.165, 1.54) is 7.11 Å². The van der Waals surface area contributed by atoms with Crippen LogP contribution in [0.3, 0.4) is 0 Å². The maximum absolute atomic E-state index is 8.73. The van der Waals surface area contributed by atoms with Crippen molar-refractivity contribution in [2.24, 2.45) is 0 Å². The van der Waals surface area contributed by atoms with Crippen molar-refractivity contribution in [3.05, 3.63) is 34.4 Å². The molecule has 0 aliphatic carbocycles. The average molecular weight is 242 g/mol. The Morgan fingerprint density at radius 3 is 2.67 bits per heavy atom. The van der Waals surface area contributed by atoms with E-state index < -0.39 is 0 Å². The van der Waals surface area contributed by atoms with Gasteiger partial charge in [-0.2, -0.15) is 5.26 Å². The molecule has 0 spiro atoms.